The predicted octanol–water partition coefficient (Wildman–Crippen LogP) is 3.11. The van der Waals surface area contributed by atoms with Gasteiger partial charge in [-0.1, -0.05) is 32.5 Å². The number of nitrogens with one attached hydrogen (secondary N) is 1. The van der Waals surface area contributed by atoms with Crippen molar-refractivity contribution in [1.82, 2.24) is 15.3 Å². The van der Waals surface area contributed by atoms with Crippen LogP contribution in [-0.2, 0) is 6.54 Å². The zero-order valence-electron chi connectivity index (χ0n) is 11.1. The van der Waals surface area contributed by atoms with Crippen LogP contribution in [0.25, 0.3) is 0 Å². The first-order valence-corrected chi connectivity index (χ1v) is 7.35. The summed E-state index contributed by atoms with van der Waals surface area (Å²) in [7, 11) is 0. The van der Waals surface area contributed by atoms with Gasteiger partial charge in [-0.15, -0.1) is 0 Å². The van der Waals surface area contributed by atoms with Gasteiger partial charge in [-0.2, -0.15) is 0 Å². The van der Waals surface area contributed by atoms with Crippen LogP contribution in [-0.4, -0.2) is 22.3 Å². The first-order valence-electron chi connectivity index (χ1n) is 6.36. The van der Waals surface area contributed by atoms with Crippen molar-refractivity contribution in [3.63, 3.8) is 0 Å². The molecule has 0 saturated carbocycles. The summed E-state index contributed by atoms with van der Waals surface area (Å²) in [5.41, 5.74) is 1.16. The molecule has 1 heterocycles. The fraction of sp³-hybridized carbons (Fsp3) is 0.692. The van der Waals surface area contributed by atoms with Crippen LogP contribution >= 0.6 is 11.8 Å². The summed E-state index contributed by atoms with van der Waals surface area (Å²) in [4.78, 5) is 8.73. The Hall–Kier alpha value is -0.610. The second-order valence-corrected chi connectivity index (χ2v) is 5.64. The van der Waals surface area contributed by atoms with E-state index in [4.69, 9.17) is 0 Å². The van der Waals surface area contributed by atoms with E-state index in [1.54, 1.807) is 11.8 Å². The average Bonchev–Trinajstić information content (AvgIpc) is 2.31. The Morgan fingerprint density at radius 3 is 2.59 bits per heavy atom. The molecule has 0 unspecified atom stereocenters. The standard InChI is InChI=1S/C13H23N3S/c1-4-6-14-8-12-9-15-13(16-10-12)17-7-5-11(2)3/h9-11,14H,4-8H2,1-3H3. The minimum absolute atomic E-state index is 0.750. The van der Waals surface area contributed by atoms with Gasteiger partial charge < -0.3 is 5.32 Å². The Bertz CT molecular complexity index is 298. The monoisotopic (exact) mass is 253 g/mol. The Labute approximate surface area is 109 Å². The van der Waals surface area contributed by atoms with E-state index >= 15 is 0 Å². The molecule has 3 nitrogen and oxygen atoms in total. The molecule has 1 aromatic rings. The number of thioether (sulfide) groups is 1. The quantitative estimate of drug-likeness (QED) is 0.439. The van der Waals surface area contributed by atoms with Crippen LogP contribution in [0.1, 0.15) is 39.2 Å². The normalized spacial score (nSPS) is 11.1. The molecule has 0 saturated heterocycles. The fourth-order valence-electron chi connectivity index (χ4n) is 1.30. The van der Waals surface area contributed by atoms with Crippen molar-refractivity contribution in [2.45, 2.75) is 45.3 Å². The maximum atomic E-state index is 4.37. The molecule has 1 rings (SSSR count). The van der Waals surface area contributed by atoms with Crippen LogP contribution in [0.3, 0.4) is 0 Å². The number of nitrogens with zero attached hydrogens (tertiary/aromatic N) is 2. The largest absolute Gasteiger partial charge is 0.313 e. The Kier molecular flexibility index (Phi) is 7.21. The highest BCUT2D eigenvalue weighted by Gasteiger charge is 2.00. The summed E-state index contributed by atoms with van der Waals surface area (Å²) in [6.07, 6.45) is 6.22. The lowest BCUT2D eigenvalue weighted by molar-refractivity contribution is 0.631. The highest BCUT2D eigenvalue weighted by atomic mass is 32.2. The molecule has 0 aliphatic rings. The van der Waals surface area contributed by atoms with Crippen molar-refractivity contribution >= 4 is 11.8 Å². The Morgan fingerprint density at radius 1 is 1.29 bits per heavy atom. The van der Waals surface area contributed by atoms with Gasteiger partial charge in [-0.25, -0.2) is 9.97 Å². The van der Waals surface area contributed by atoms with E-state index < -0.39 is 0 Å². The molecule has 1 N–H and O–H groups in total. The van der Waals surface area contributed by atoms with Gasteiger partial charge in [0.1, 0.15) is 0 Å². The minimum atomic E-state index is 0.750. The third kappa shape index (κ3) is 6.64. The van der Waals surface area contributed by atoms with Crippen LogP contribution in [0.2, 0.25) is 0 Å². The van der Waals surface area contributed by atoms with Gasteiger partial charge in [0.25, 0.3) is 0 Å². The molecule has 1 aromatic heterocycles. The molecular formula is C13H23N3S. The molecule has 0 bridgehead atoms. The zero-order chi connectivity index (χ0) is 12.5. The van der Waals surface area contributed by atoms with Crippen LogP contribution in [0.4, 0.5) is 0 Å². The van der Waals surface area contributed by atoms with E-state index in [1.165, 1.54) is 6.42 Å². The lowest BCUT2D eigenvalue weighted by Crippen LogP contribution is -2.14. The van der Waals surface area contributed by atoms with Crippen LogP contribution in [0.5, 0.6) is 0 Å². The SMILES string of the molecule is CCCNCc1cnc(SCCC(C)C)nc1. The molecule has 0 aliphatic heterocycles. The van der Waals surface area contributed by atoms with Gasteiger partial charge in [0, 0.05) is 30.3 Å². The minimum Gasteiger partial charge on any atom is -0.313 e. The lowest BCUT2D eigenvalue weighted by Gasteiger charge is -2.05. The molecule has 0 aromatic carbocycles. The van der Waals surface area contributed by atoms with Crippen molar-refractivity contribution in [3.05, 3.63) is 18.0 Å². The molecule has 0 spiro atoms. The summed E-state index contributed by atoms with van der Waals surface area (Å²) < 4.78 is 0. The molecule has 17 heavy (non-hydrogen) atoms. The smallest absolute Gasteiger partial charge is 0.187 e. The number of rotatable bonds is 8. The van der Waals surface area contributed by atoms with Gasteiger partial charge in [0.05, 0.1) is 0 Å². The van der Waals surface area contributed by atoms with E-state index in [9.17, 15) is 0 Å². The molecule has 0 amide bonds. The maximum absolute atomic E-state index is 4.37. The van der Waals surface area contributed by atoms with Gasteiger partial charge in [-0.3, -0.25) is 0 Å². The second kappa shape index (κ2) is 8.48. The van der Waals surface area contributed by atoms with E-state index in [1.807, 2.05) is 12.4 Å². The van der Waals surface area contributed by atoms with Crippen molar-refractivity contribution in [3.8, 4) is 0 Å². The van der Waals surface area contributed by atoms with Gasteiger partial charge in [0.2, 0.25) is 0 Å². The van der Waals surface area contributed by atoms with E-state index in [2.05, 4.69) is 36.1 Å². The second-order valence-electron chi connectivity index (χ2n) is 4.58. The molecule has 0 fully saturated rings. The topological polar surface area (TPSA) is 37.8 Å². The summed E-state index contributed by atoms with van der Waals surface area (Å²) >= 11 is 1.74. The summed E-state index contributed by atoms with van der Waals surface area (Å²) in [6.45, 7) is 8.56. The summed E-state index contributed by atoms with van der Waals surface area (Å²) in [6, 6.07) is 0. The third-order valence-corrected chi connectivity index (χ3v) is 3.27. The average molecular weight is 253 g/mol. The van der Waals surface area contributed by atoms with Crippen molar-refractivity contribution in [2.75, 3.05) is 12.3 Å². The van der Waals surface area contributed by atoms with Gasteiger partial charge in [0.15, 0.2) is 5.16 Å². The zero-order valence-corrected chi connectivity index (χ0v) is 11.9. The van der Waals surface area contributed by atoms with E-state index in [-0.39, 0.29) is 0 Å². The Morgan fingerprint density at radius 2 is 2.00 bits per heavy atom. The first kappa shape index (κ1) is 14.5. The Balaban J connectivity index is 2.29. The first-order chi connectivity index (χ1) is 8.22. The maximum Gasteiger partial charge on any atom is 0.187 e. The van der Waals surface area contributed by atoms with Crippen LogP contribution in [0.15, 0.2) is 17.6 Å². The lowest BCUT2D eigenvalue weighted by atomic mass is 10.2. The molecule has 0 aliphatic carbocycles. The molecule has 4 heteroatoms. The van der Waals surface area contributed by atoms with E-state index in [0.29, 0.717) is 0 Å². The number of hydrogen-bond donors (Lipinski definition) is 1. The van der Waals surface area contributed by atoms with E-state index in [0.717, 1.165) is 41.9 Å². The van der Waals surface area contributed by atoms with Crippen molar-refractivity contribution in [1.29, 1.82) is 0 Å². The number of aromatic nitrogens is 2. The third-order valence-electron chi connectivity index (χ3n) is 2.36. The van der Waals surface area contributed by atoms with Crippen LogP contribution < -0.4 is 5.32 Å². The molecule has 0 radical (unpaired) electrons. The van der Waals surface area contributed by atoms with Gasteiger partial charge in [-0.05, 0) is 25.3 Å². The molecule has 0 atom stereocenters. The summed E-state index contributed by atoms with van der Waals surface area (Å²) in [5.74, 6) is 1.85. The van der Waals surface area contributed by atoms with Crippen molar-refractivity contribution in [2.24, 2.45) is 5.92 Å². The van der Waals surface area contributed by atoms with Gasteiger partial charge >= 0.3 is 0 Å². The fourth-order valence-corrected chi connectivity index (χ4v) is 2.33. The molecule has 96 valence electrons. The van der Waals surface area contributed by atoms with Crippen LogP contribution in [0, 0.1) is 5.92 Å². The molecular weight excluding hydrogens is 230 g/mol. The summed E-state index contributed by atoms with van der Waals surface area (Å²) in [5, 5.41) is 4.24. The highest BCUT2D eigenvalue weighted by molar-refractivity contribution is 7.99. The highest BCUT2D eigenvalue weighted by Crippen LogP contribution is 2.15. The predicted molar refractivity (Wildman–Crippen MR) is 74.2 cm³/mol. The van der Waals surface area contributed by atoms with Crippen molar-refractivity contribution < 1.29 is 0 Å². The number of hydrogen-bond acceptors (Lipinski definition) is 4.